The summed E-state index contributed by atoms with van der Waals surface area (Å²) in [5, 5.41) is 5.97. The van der Waals surface area contributed by atoms with Crippen molar-refractivity contribution in [1.82, 2.24) is 19.0 Å². The van der Waals surface area contributed by atoms with Crippen LogP contribution >= 0.6 is 11.7 Å². The molecule has 1 saturated carbocycles. The maximum Gasteiger partial charge on any atom is 0.317 e. The minimum atomic E-state index is -0.0724. The predicted molar refractivity (Wildman–Crippen MR) is 91.9 cm³/mol. The second-order valence-corrected chi connectivity index (χ2v) is 6.94. The Morgan fingerprint density at radius 3 is 2.67 bits per heavy atom. The second-order valence-electron chi connectivity index (χ2n) is 6.41. The van der Waals surface area contributed by atoms with Gasteiger partial charge in [0.2, 0.25) is 5.91 Å². The Morgan fingerprint density at radius 2 is 1.92 bits per heavy atom. The van der Waals surface area contributed by atoms with E-state index >= 15 is 0 Å². The number of urea groups is 1. The number of benzene rings is 1. The molecule has 0 atom stereocenters. The van der Waals surface area contributed by atoms with Crippen LogP contribution in [0, 0.1) is 5.92 Å². The monoisotopic (exact) mass is 345 g/mol. The van der Waals surface area contributed by atoms with Crippen LogP contribution in [-0.2, 0) is 4.79 Å². The maximum atomic E-state index is 12.5. The summed E-state index contributed by atoms with van der Waals surface area (Å²) >= 11 is 1.14. The average molecular weight is 345 g/mol. The SMILES string of the molecule is O=C(Nc1cccc2nsnc12)C1CCN(C(=O)NC2CC2)CC1. The predicted octanol–water partition coefficient (Wildman–Crippen LogP) is 2.21. The van der Waals surface area contributed by atoms with E-state index in [-0.39, 0.29) is 17.9 Å². The number of carbonyl (C=O) groups excluding carboxylic acids is 2. The summed E-state index contributed by atoms with van der Waals surface area (Å²) in [5.41, 5.74) is 2.24. The molecule has 2 aliphatic rings. The minimum absolute atomic E-state index is 0.00208. The number of rotatable bonds is 3. The van der Waals surface area contributed by atoms with Gasteiger partial charge >= 0.3 is 6.03 Å². The summed E-state index contributed by atoms with van der Waals surface area (Å²) < 4.78 is 8.43. The van der Waals surface area contributed by atoms with Gasteiger partial charge in [0.05, 0.1) is 17.4 Å². The molecule has 0 bridgehead atoms. The molecule has 1 aromatic heterocycles. The zero-order valence-electron chi connectivity index (χ0n) is 13.2. The van der Waals surface area contributed by atoms with E-state index in [0.29, 0.717) is 37.7 Å². The van der Waals surface area contributed by atoms with Gasteiger partial charge in [0.25, 0.3) is 0 Å². The largest absolute Gasteiger partial charge is 0.335 e. The van der Waals surface area contributed by atoms with Crippen molar-refractivity contribution in [2.24, 2.45) is 5.92 Å². The lowest BCUT2D eigenvalue weighted by molar-refractivity contribution is -0.121. The molecule has 1 aliphatic carbocycles. The van der Waals surface area contributed by atoms with E-state index in [1.165, 1.54) is 0 Å². The molecule has 0 radical (unpaired) electrons. The molecule has 2 N–H and O–H groups in total. The van der Waals surface area contributed by atoms with Crippen molar-refractivity contribution < 1.29 is 9.59 Å². The first-order valence-electron chi connectivity index (χ1n) is 8.28. The van der Waals surface area contributed by atoms with Crippen LogP contribution in [-0.4, -0.2) is 44.7 Å². The number of hydrogen-bond acceptors (Lipinski definition) is 5. The second kappa shape index (κ2) is 6.35. The molecule has 24 heavy (non-hydrogen) atoms. The molecule has 2 aromatic rings. The third kappa shape index (κ3) is 3.19. The van der Waals surface area contributed by atoms with Crippen LogP contribution in [0.15, 0.2) is 18.2 Å². The molecule has 0 spiro atoms. The third-order valence-electron chi connectivity index (χ3n) is 4.60. The lowest BCUT2D eigenvalue weighted by Gasteiger charge is -2.31. The van der Waals surface area contributed by atoms with Crippen molar-refractivity contribution in [2.45, 2.75) is 31.7 Å². The van der Waals surface area contributed by atoms with Crippen LogP contribution in [0.4, 0.5) is 10.5 Å². The number of hydrogen-bond donors (Lipinski definition) is 2. The highest BCUT2D eigenvalue weighted by Crippen LogP contribution is 2.25. The number of carbonyl (C=O) groups is 2. The zero-order chi connectivity index (χ0) is 16.5. The van der Waals surface area contributed by atoms with Crippen LogP contribution in [0.2, 0.25) is 0 Å². The van der Waals surface area contributed by atoms with Gasteiger partial charge in [0.15, 0.2) is 0 Å². The molecule has 3 amide bonds. The number of nitrogens with one attached hydrogen (secondary N) is 2. The van der Waals surface area contributed by atoms with Crippen LogP contribution in [0.25, 0.3) is 11.0 Å². The van der Waals surface area contributed by atoms with Crippen molar-refractivity contribution in [1.29, 1.82) is 0 Å². The van der Waals surface area contributed by atoms with Crippen LogP contribution < -0.4 is 10.6 Å². The molecule has 0 unspecified atom stereocenters. The Balaban J connectivity index is 1.34. The number of anilines is 1. The number of amides is 3. The summed E-state index contributed by atoms with van der Waals surface area (Å²) in [4.78, 5) is 26.4. The number of fused-ring (bicyclic) bond motifs is 1. The van der Waals surface area contributed by atoms with Gasteiger partial charge in [0, 0.05) is 25.0 Å². The fraction of sp³-hybridized carbons (Fsp3) is 0.500. The smallest absolute Gasteiger partial charge is 0.317 e. The van der Waals surface area contributed by atoms with E-state index in [9.17, 15) is 9.59 Å². The van der Waals surface area contributed by atoms with Gasteiger partial charge in [-0.2, -0.15) is 8.75 Å². The molecule has 2 fully saturated rings. The highest BCUT2D eigenvalue weighted by Gasteiger charge is 2.30. The molecular formula is C16H19N5O2S. The molecule has 8 heteroatoms. The highest BCUT2D eigenvalue weighted by atomic mass is 32.1. The quantitative estimate of drug-likeness (QED) is 0.893. The van der Waals surface area contributed by atoms with E-state index in [1.807, 2.05) is 23.1 Å². The lowest BCUT2D eigenvalue weighted by atomic mass is 9.96. The van der Waals surface area contributed by atoms with Gasteiger partial charge in [-0.25, -0.2) is 4.79 Å². The van der Waals surface area contributed by atoms with Gasteiger partial charge < -0.3 is 15.5 Å². The Labute approximate surface area is 143 Å². The van der Waals surface area contributed by atoms with Crippen molar-refractivity contribution in [2.75, 3.05) is 18.4 Å². The lowest BCUT2D eigenvalue weighted by Crippen LogP contribution is -2.46. The average Bonchev–Trinajstić information content (AvgIpc) is 3.27. The Bertz CT molecular complexity index is 765. The normalized spacial score (nSPS) is 18.6. The van der Waals surface area contributed by atoms with Crippen LogP contribution in [0.3, 0.4) is 0 Å². The molecule has 126 valence electrons. The summed E-state index contributed by atoms with van der Waals surface area (Å²) in [6.45, 7) is 1.25. The Kier molecular flexibility index (Phi) is 4.05. The first kappa shape index (κ1) is 15.3. The molecular weight excluding hydrogens is 326 g/mol. The van der Waals surface area contributed by atoms with E-state index in [2.05, 4.69) is 19.4 Å². The number of aromatic nitrogens is 2. The standard InChI is InChI=1S/C16H19N5O2S/c22-15(18-12-2-1-3-13-14(12)20-24-19-13)10-6-8-21(9-7-10)16(23)17-11-4-5-11/h1-3,10-11H,4-9H2,(H,17,23)(H,18,22). The van der Waals surface area contributed by atoms with Crippen LogP contribution in [0.1, 0.15) is 25.7 Å². The number of likely N-dealkylation sites (tertiary alicyclic amines) is 1. The van der Waals surface area contributed by atoms with Gasteiger partial charge in [0.1, 0.15) is 11.0 Å². The highest BCUT2D eigenvalue weighted by molar-refractivity contribution is 7.00. The molecule has 2 heterocycles. The fourth-order valence-corrected chi connectivity index (χ4v) is 3.53. The van der Waals surface area contributed by atoms with Crippen molar-refractivity contribution in [3.8, 4) is 0 Å². The van der Waals surface area contributed by atoms with Gasteiger partial charge in [-0.05, 0) is 37.8 Å². The first-order valence-corrected chi connectivity index (χ1v) is 9.01. The van der Waals surface area contributed by atoms with E-state index in [4.69, 9.17) is 0 Å². The number of nitrogens with zero attached hydrogens (tertiary/aromatic N) is 3. The summed E-state index contributed by atoms with van der Waals surface area (Å²) in [6, 6.07) is 5.97. The molecule has 1 aromatic carbocycles. The zero-order valence-corrected chi connectivity index (χ0v) is 14.0. The molecule has 1 aliphatic heterocycles. The van der Waals surface area contributed by atoms with Gasteiger partial charge in [-0.3, -0.25) is 4.79 Å². The molecule has 7 nitrogen and oxygen atoms in total. The number of piperidine rings is 1. The third-order valence-corrected chi connectivity index (χ3v) is 5.14. The Hall–Kier alpha value is -2.22. The summed E-state index contributed by atoms with van der Waals surface area (Å²) in [5.74, 6) is -0.0745. The van der Waals surface area contributed by atoms with Crippen LogP contribution in [0.5, 0.6) is 0 Å². The van der Waals surface area contributed by atoms with Gasteiger partial charge in [-0.15, -0.1) is 0 Å². The maximum absolute atomic E-state index is 12.5. The molecule has 4 rings (SSSR count). The fourth-order valence-electron chi connectivity index (χ4n) is 2.98. The summed E-state index contributed by atoms with van der Waals surface area (Å²) in [7, 11) is 0. The van der Waals surface area contributed by atoms with E-state index in [0.717, 1.165) is 35.6 Å². The minimum Gasteiger partial charge on any atom is -0.335 e. The molecule has 1 saturated heterocycles. The van der Waals surface area contributed by atoms with Gasteiger partial charge in [-0.1, -0.05) is 6.07 Å². The topological polar surface area (TPSA) is 87.2 Å². The van der Waals surface area contributed by atoms with E-state index < -0.39 is 0 Å². The van der Waals surface area contributed by atoms with Crippen molar-refractivity contribution in [3.63, 3.8) is 0 Å². The van der Waals surface area contributed by atoms with Crippen molar-refractivity contribution in [3.05, 3.63) is 18.2 Å². The summed E-state index contributed by atoms with van der Waals surface area (Å²) in [6.07, 6.45) is 3.55. The first-order chi connectivity index (χ1) is 11.7. The Morgan fingerprint density at radius 1 is 1.12 bits per heavy atom. The van der Waals surface area contributed by atoms with Crippen molar-refractivity contribution >= 4 is 40.4 Å². The van der Waals surface area contributed by atoms with E-state index in [1.54, 1.807) is 0 Å².